The van der Waals surface area contributed by atoms with Gasteiger partial charge in [-0.3, -0.25) is 0 Å². The van der Waals surface area contributed by atoms with Crippen LogP contribution in [-0.2, 0) is 0 Å². The third kappa shape index (κ3) is 2.33. The molecule has 2 aromatic rings. The normalized spacial score (nSPS) is 9.75. The summed E-state index contributed by atoms with van der Waals surface area (Å²) in [7, 11) is 0. The Hall–Kier alpha value is -2.43. The Morgan fingerprint density at radius 3 is 2.88 bits per heavy atom. The quantitative estimate of drug-likeness (QED) is 0.818. The van der Waals surface area contributed by atoms with Crippen LogP contribution in [0.3, 0.4) is 0 Å². The molecule has 0 atom stereocenters. The zero-order valence-corrected chi connectivity index (χ0v) is 8.29. The number of hydrogen-bond acceptors (Lipinski definition) is 4. The van der Waals surface area contributed by atoms with Crippen LogP contribution in [0.2, 0.25) is 0 Å². The van der Waals surface area contributed by atoms with Crippen LogP contribution in [0.1, 0.15) is 10.4 Å². The number of rotatable bonds is 3. The second kappa shape index (κ2) is 4.39. The molecule has 0 saturated heterocycles. The van der Waals surface area contributed by atoms with E-state index in [9.17, 15) is 4.79 Å². The molecule has 0 fully saturated rings. The largest absolute Gasteiger partial charge is 0.478 e. The van der Waals surface area contributed by atoms with Crippen molar-refractivity contribution in [1.29, 1.82) is 0 Å². The van der Waals surface area contributed by atoms with Gasteiger partial charge in [-0.1, -0.05) is 6.07 Å². The summed E-state index contributed by atoms with van der Waals surface area (Å²) in [5.41, 5.74) is 0.914. The average Bonchev–Trinajstić information content (AvgIpc) is 2.30. The molecule has 1 heterocycles. The van der Waals surface area contributed by atoms with Gasteiger partial charge in [0.2, 0.25) is 0 Å². The monoisotopic (exact) mass is 215 g/mol. The number of anilines is 2. The molecule has 0 amide bonds. The molecule has 2 N–H and O–H groups in total. The summed E-state index contributed by atoms with van der Waals surface area (Å²) in [4.78, 5) is 18.5. The van der Waals surface area contributed by atoms with E-state index < -0.39 is 5.97 Å². The van der Waals surface area contributed by atoms with Crippen LogP contribution in [0, 0.1) is 0 Å². The van der Waals surface area contributed by atoms with Gasteiger partial charge in [0.15, 0.2) is 0 Å². The zero-order valence-electron chi connectivity index (χ0n) is 8.29. The van der Waals surface area contributed by atoms with Crippen molar-refractivity contribution in [2.75, 3.05) is 5.32 Å². The number of hydrogen-bond donors (Lipinski definition) is 2. The van der Waals surface area contributed by atoms with Crippen molar-refractivity contribution in [3.8, 4) is 0 Å². The molecule has 0 spiro atoms. The van der Waals surface area contributed by atoms with Crippen LogP contribution in [0.15, 0.2) is 42.9 Å². The van der Waals surface area contributed by atoms with Gasteiger partial charge in [-0.15, -0.1) is 0 Å². The van der Waals surface area contributed by atoms with Gasteiger partial charge in [0, 0.05) is 11.9 Å². The van der Waals surface area contributed by atoms with Crippen molar-refractivity contribution >= 4 is 17.5 Å². The van der Waals surface area contributed by atoms with E-state index in [1.165, 1.54) is 12.4 Å². The molecule has 5 heteroatoms. The zero-order chi connectivity index (χ0) is 11.4. The van der Waals surface area contributed by atoms with E-state index in [2.05, 4.69) is 15.3 Å². The smallest absolute Gasteiger partial charge is 0.335 e. The number of nitrogens with one attached hydrogen (secondary N) is 1. The van der Waals surface area contributed by atoms with Gasteiger partial charge < -0.3 is 10.4 Å². The Morgan fingerprint density at radius 2 is 2.19 bits per heavy atom. The maximum absolute atomic E-state index is 10.8. The minimum atomic E-state index is -0.952. The van der Waals surface area contributed by atoms with Gasteiger partial charge in [-0.25, -0.2) is 14.8 Å². The second-order valence-electron chi connectivity index (χ2n) is 3.11. The van der Waals surface area contributed by atoms with E-state index in [4.69, 9.17) is 5.11 Å². The minimum absolute atomic E-state index is 0.235. The summed E-state index contributed by atoms with van der Waals surface area (Å²) < 4.78 is 0. The molecular formula is C11H9N3O2. The highest BCUT2D eigenvalue weighted by atomic mass is 16.4. The lowest BCUT2D eigenvalue weighted by Crippen LogP contribution is -1.98. The molecule has 0 saturated carbocycles. The Bertz CT molecular complexity index is 500. The molecule has 80 valence electrons. The molecule has 0 aliphatic rings. The van der Waals surface area contributed by atoms with Crippen molar-refractivity contribution in [1.82, 2.24) is 9.97 Å². The fourth-order valence-electron chi connectivity index (χ4n) is 1.24. The fraction of sp³-hybridized carbons (Fsp3) is 0. The summed E-state index contributed by atoms with van der Waals surface area (Å²) in [6.45, 7) is 0. The first kappa shape index (κ1) is 10.1. The first-order valence-electron chi connectivity index (χ1n) is 4.62. The highest BCUT2D eigenvalue weighted by Gasteiger charge is 2.03. The van der Waals surface area contributed by atoms with Gasteiger partial charge >= 0.3 is 5.97 Å². The van der Waals surface area contributed by atoms with E-state index in [0.29, 0.717) is 11.5 Å². The van der Waals surface area contributed by atoms with E-state index in [1.54, 1.807) is 30.5 Å². The molecule has 0 unspecified atom stereocenters. The molecule has 0 radical (unpaired) electrons. The number of aromatic nitrogens is 2. The lowest BCUT2D eigenvalue weighted by molar-refractivity contribution is 0.0697. The molecule has 5 nitrogen and oxygen atoms in total. The fourth-order valence-corrected chi connectivity index (χ4v) is 1.24. The highest BCUT2D eigenvalue weighted by Crippen LogP contribution is 2.15. The predicted octanol–water partition coefficient (Wildman–Crippen LogP) is 1.92. The molecule has 0 bridgehead atoms. The molecule has 2 rings (SSSR count). The summed E-state index contributed by atoms with van der Waals surface area (Å²) in [5, 5.41) is 11.8. The third-order valence-corrected chi connectivity index (χ3v) is 1.96. The van der Waals surface area contributed by atoms with E-state index >= 15 is 0 Å². The predicted molar refractivity (Wildman–Crippen MR) is 58.7 cm³/mol. The van der Waals surface area contributed by atoms with Crippen molar-refractivity contribution < 1.29 is 9.90 Å². The number of benzene rings is 1. The second-order valence-corrected chi connectivity index (χ2v) is 3.11. The molecule has 1 aromatic heterocycles. The molecule has 0 aliphatic heterocycles. The maximum Gasteiger partial charge on any atom is 0.335 e. The minimum Gasteiger partial charge on any atom is -0.478 e. The Morgan fingerprint density at radius 1 is 1.31 bits per heavy atom. The Balaban J connectivity index is 2.22. The first-order valence-corrected chi connectivity index (χ1v) is 4.62. The van der Waals surface area contributed by atoms with Gasteiger partial charge in [0.1, 0.15) is 12.1 Å². The number of nitrogens with zero attached hydrogens (tertiary/aromatic N) is 2. The average molecular weight is 215 g/mol. The standard InChI is InChI=1S/C11H9N3O2/c15-11(16)8-2-1-3-9(6-8)14-10-4-5-12-7-13-10/h1-7H,(H,15,16)(H,12,13,14). The maximum atomic E-state index is 10.8. The van der Waals surface area contributed by atoms with Crippen molar-refractivity contribution in [3.63, 3.8) is 0 Å². The molecular weight excluding hydrogens is 206 g/mol. The Labute approximate surface area is 91.8 Å². The number of carbonyl (C=O) groups is 1. The summed E-state index contributed by atoms with van der Waals surface area (Å²) in [6.07, 6.45) is 3.03. The van der Waals surface area contributed by atoms with Crippen molar-refractivity contribution in [2.24, 2.45) is 0 Å². The Kier molecular flexibility index (Phi) is 2.77. The van der Waals surface area contributed by atoms with E-state index in [1.807, 2.05) is 0 Å². The number of aromatic carboxylic acids is 1. The van der Waals surface area contributed by atoms with E-state index in [0.717, 1.165) is 0 Å². The SMILES string of the molecule is O=C(O)c1cccc(Nc2ccncn2)c1. The van der Waals surface area contributed by atoms with Gasteiger partial charge in [-0.05, 0) is 24.3 Å². The first-order chi connectivity index (χ1) is 7.75. The summed E-state index contributed by atoms with van der Waals surface area (Å²) in [5.74, 6) is -0.330. The number of carboxylic acids is 1. The van der Waals surface area contributed by atoms with Gasteiger partial charge in [0.05, 0.1) is 5.56 Å². The lowest BCUT2D eigenvalue weighted by Gasteiger charge is -2.05. The van der Waals surface area contributed by atoms with Crippen LogP contribution in [0.25, 0.3) is 0 Å². The molecule has 1 aromatic carbocycles. The summed E-state index contributed by atoms with van der Waals surface area (Å²) in [6, 6.07) is 8.23. The van der Waals surface area contributed by atoms with Crippen LogP contribution in [0.5, 0.6) is 0 Å². The van der Waals surface area contributed by atoms with Crippen LogP contribution >= 0.6 is 0 Å². The number of carboxylic acid groups (broad SMARTS) is 1. The van der Waals surface area contributed by atoms with Crippen LogP contribution in [0.4, 0.5) is 11.5 Å². The third-order valence-electron chi connectivity index (χ3n) is 1.96. The molecule has 0 aliphatic carbocycles. The molecule has 16 heavy (non-hydrogen) atoms. The summed E-state index contributed by atoms with van der Waals surface area (Å²) >= 11 is 0. The van der Waals surface area contributed by atoms with Gasteiger partial charge in [-0.2, -0.15) is 0 Å². The van der Waals surface area contributed by atoms with Crippen molar-refractivity contribution in [2.45, 2.75) is 0 Å². The lowest BCUT2D eigenvalue weighted by atomic mass is 10.2. The van der Waals surface area contributed by atoms with E-state index in [-0.39, 0.29) is 5.56 Å². The van der Waals surface area contributed by atoms with Crippen LogP contribution in [-0.4, -0.2) is 21.0 Å². The topological polar surface area (TPSA) is 75.1 Å². The highest BCUT2D eigenvalue weighted by molar-refractivity contribution is 5.89. The van der Waals surface area contributed by atoms with Gasteiger partial charge in [0.25, 0.3) is 0 Å². The van der Waals surface area contributed by atoms with Crippen molar-refractivity contribution in [3.05, 3.63) is 48.4 Å². The van der Waals surface area contributed by atoms with Crippen LogP contribution < -0.4 is 5.32 Å².